The Hall–Kier alpha value is -0.730. The number of aryl methyl sites for hydroxylation is 1. The van der Waals surface area contributed by atoms with Gasteiger partial charge in [-0.1, -0.05) is 24.6 Å². The molecule has 17 heavy (non-hydrogen) atoms. The largest absolute Gasteiger partial charge is 0.489 e. The van der Waals surface area contributed by atoms with E-state index in [4.69, 9.17) is 22.1 Å². The van der Waals surface area contributed by atoms with Crippen LogP contribution in [0.3, 0.4) is 0 Å². The molecule has 2 nitrogen and oxygen atoms in total. The minimum atomic E-state index is 0.145. The van der Waals surface area contributed by atoms with Crippen LogP contribution in [0.1, 0.15) is 39.2 Å². The highest BCUT2D eigenvalue weighted by Gasteiger charge is 2.06. The van der Waals surface area contributed by atoms with Crippen molar-refractivity contribution in [3.63, 3.8) is 0 Å². The summed E-state index contributed by atoms with van der Waals surface area (Å²) in [5, 5.41) is 0.682. The van der Waals surface area contributed by atoms with Gasteiger partial charge in [-0.3, -0.25) is 0 Å². The van der Waals surface area contributed by atoms with Gasteiger partial charge >= 0.3 is 0 Å². The minimum Gasteiger partial charge on any atom is -0.489 e. The molecule has 0 saturated carbocycles. The summed E-state index contributed by atoms with van der Waals surface area (Å²) in [6.07, 6.45) is 3.13. The number of rotatable bonds is 6. The van der Waals surface area contributed by atoms with Gasteiger partial charge in [0.25, 0.3) is 0 Å². The zero-order valence-electron chi connectivity index (χ0n) is 10.9. The second kappa shape index (κ2) is 6.87. The van der Waals surface area contributed by atoms with E-state index in [0.717, 1.165) is 25.0 Å². The maximum Gasteiger partial charge on any atom is 0.138 e. The Labute approximate surface area is 109 Å². The molecular formula is C14H22ClNO. The van der Waals surface area contributed by atoms with Gasteiger partial charge in [0.1, 0.15) is 5.75 Å². The summed E-state index contributed by atoms with van der Waals surface area (Å²) >= 11 is 6.17. The van der Waals surface area contributed by atoms with Crippen LogP contribution in [0.5, 0.6) is 5.75 Å². The highest BCUT2D eigenvalue weighted by Crippen LogP contribution is 2.27. The van der Waals surface area contributed by atoms with Crippen molar-refractivity contribution in [1.82, 2.24) is 0 Å². The Morgan fingerprint density at radius 3 is 2.59 bits per heavy atom. The lowest BCUT2D eigenvalue weighted by Crippen LogP contribution is -2.19. The zero-order chi connectivity index (χ0) is 12.8. The van der Waals surface area contributed by atoms with Gasteiger partial charge in [-0.05, 0) is 50.8 Å². The van der Waals surface area contributed by atoms with E-state index < -0.39 is 0 Å². The third kappa shape index (κ3) is 4.97. The fourth-order valence-electron chi connectivity index (χ4n) is 1.61. The molecule has 0 amide bonds. The van der Waals surface area contributed by atoms with Crippen molar-refractivity contribution in [2.75, 3.05) is 0 Å². The smallest absolute Gasteiger partial charge is 0.138 e. The Morgan fingerprint density at radius 1 is 1.35 bits per heavy atom. The lowest BCUT2D eigenvalue weighted by Gasteiger charge is -2.13. The average molecular weight is 256 g/mol. The van der Waals surface area contributed by atoms with Crippen LogP contribution < -0.4 is 10.5 Å². The van der Waals surface area contributed by atoms with E-state index in [-0.39, 0.29) is 12.1 Å². The summed E-state index contributed by atoms with van der Waals surface area (Å²) in [4.78, 5) is 0. The molecular weight excluding hydrogens is 234 g/mol. The van der Waals surface area contributed by atoms with Gasteiger partial charge in [0.15, 0.2) is 0 Å². The molecule has 96 valence electrons. The first kappa shape index (κ1) is 14.3. The van der Waals surface area contributed by atoms with Crippen LogP contribution in [0.15, 0.2) is 18.2 Å². The van der Waals surface area contributed by atoms with E-state index in [1.54, 1.807) is 0 Å². The summed E-state index contributed by atoms with van der Waals surface area (Å²) in [5.41, 5.74) is 7.11. The summed E-state index contributed by atoms with van der Waals surface area (Å²) in [5.74, 6) is 0.755. The van der Waals surface area contributed by atoms with Crippen LogP contribution in [0.2, 0.25) is 5.02 Å². The molecule has 1 aromatic rings. The number of benzene rings is 1. The lowest BCUT2D eigenvalue weighted by atomic mass is 10.0. The van der Waals surface area contributed by atoms with Crippen LogP contribution >= 0.6 is 11.6 Å². The van der Waals surface area contributed by atoms with Crippen LogP contribution in [0.4, 0.5) is 0 Å². The van der Waals surface area contributed by atoms with E-state index in [0.29, 0.717) is 5.02 Å². The number of halogens is 1. The second-order valence-corrected chi connectivity index (χ2v) is 5.05. The van der Waals surface area contributed by atoms with Crippen molar-refractivity contribution in [1.29, 1.82) is 0 Å². The molecule has 0 spiro atoms. The molecule has 1 atom stereocenters. The fourth-order valence-corrected chi connectivity index (χ4v) is 1.85. The van der Waals surface area contributed by atoms with E-state index in [2.05, 4.69) is 13.0 Å². The van der Waals surface area contributed by atoms with Crippen molar-refractivity contribution >= 4 is 11.6 Å². The molecule has 1 rings (SSSR count). The summed E-state index contributed by atoms with van der Waals surface area (Å²) in [7, 11) is 0. The molecule has 0 aliphatic rings. The molecule has 0 heterocycles. The molecule has 0 aromatic heterocycles. The first-order chi connectivity index (χ1) is 8.02. The number of ether oxygens (including phenoxy) is 1. The maximum absolute atomic E-state index is 6.17. The summed E-state index contributed by atoms with van der Waals surface area (Å²) < 4.78 is 5.59. The fraction of sp³-hybridized carbons (Fsp3) is 0.571. The van der Waals surface area contributed by atoms with Crippen molar-refractivity contribution in [3.8, 4) is 5.75 Å². The Morgan fingerprint density at radius 2 is 2.06 bits per heavy atom. The van der Waals surface area contributed by atoms with Crippen molar-refractivity contribution in [2.24, 2.45) is 5.73 Å². The third-order valence-electron chi connectivity index (χ3n) is 2.69. The van der Waals surface area contributed by atoms with E-state index in [9.17, 15) is 0 Å². The van der Waals surface area contributed by atoms with Gasteiger partial charge in [0, 0.05) is 6.04 Å². The average Bonchev–Trinajstić information content (AvgIpc) is 2.28. The highest BCUT2D eigenvalue weighted by atomic mass is 35.5. The SMILES string of the molecule is CCC(N)CCc1ccc(OC(C)C)c(Cl)c1. The van der Waals surface area contributed by atoms with Crippen LogP contribution in [0, 0.1) is 0 Å². The molecule has 3 heteroatoms. The Balaban J connectivity index is 2.62. The first-order valence-corrected chi connectivity index (χ1v) is 6.61. The summed E-state index contributed by atoms with van der Waals surface area (Å²) in [6, 6.07) is 6.25. The molecule has 0 fully saturated rings. The van der Waals surface area contributed by atoms with E-state index in [1.807, 2.05) is 26.0 Å². The van der Waals surface area contributed by atoms with Crippen LogP contribution in [-0.2, 0) is 6.42 Å². The molecule has 0 aliphatic heterocycles. The minimum absolute atomic E-state index is 0.145. The monoisotopic (exact) mass is 255 g/mol. The number of nitrogens with two attached hydrogens (primary N) is 1. The van der Waals surface area contributed by atoms with Crippen molar-refractivity contribution in [3.05, 3.63) is 28.8 Å². The van der Waals surface area contributed by atoms with Gasteiger partial charge in [0.2, 0.25) is 0 Å². The topological polar surface area (TPSA) is 35.2 Å². The van der Waals surface area contributed by atoms with E-state index >= 15 is 0 Å². The Bertz CT molecular complexity index is 352. The van der Waals surface area contributed by atoms with Gasteiger partial charge in [-0.25, -0.2) is 0 Å². The molecule has 0 aliphatic carbocycles. The molecule has 1 aromatic carbocycles. The van der Waals surface area contributed by atoms with Crippen LogP contribution in [-0.4, -0.2) is 12.1 Å². The number of hydrogen-bond donors (Lipinski definition) is 1. The molecule has 2 N–H and O–H groups in total. The predicted octanol–water partition coefficient (Wildman–Crippen LogP) is 3.80. The molecule has 0 radical (unpaired) electrons. The van der Waals surface area contributed by atoms with Gasteiger partial charge < -0.3 is 10.5 Å². The second-order valence-electron chi connectivity index (χ2n) is 4.64. The predicted molar refractivity (Wildman–Crippen MR) is 73.8 cm³/mol. The third-order valence-corrected chi connectivity index (χ3v) is 2.98. The quantitative estimate of drug-likeness (QED) is 0.839. The molecule has 0 bridgehead atoms. The van der Waals surface area contributed by atoms with Crippen molar-refractivity contribution < 1.29 is 4.74 Å². The van der Waals surface area contributed by atoms with Gasteiger partial charge in [-0.15, -0.1) is 0 Å². The lowest BCUT2D eigenvalue weighted by molar-refractivity contribution is 0.242. The van der Waals surface area contributed by atoms with Crippen LogP contribution in [0.25, 0.3) is 0 Å². The summed E-state index contributed by atoms with van der Waals surface area (Å²) in [6.45, 7) is 6.09. The maximum atomic E-state index is 6.17. The first-order valence-electron chi connectivity index (χ1n) is 6.23. The highest BCUT2D eigenvalue weighted by molar-refractivity contribution is 6.32. The normalized spacial score (nSPS) is 12.8. The van der Waals surface area contributed by atoms with Gasteiger partial charge in [0.05, 0.1) is 11.1 Å². The molecule has 0 saturated heterocycles. The molecule has 1 unspecified atom stereocenters. The van der Waals surface area contributed by atoms with E-state index in [1.165, 1.54) is 5.56 Å². The standard InChI is InChI=1S/C14H22ClNO/c1-4-12(16)7-5-11-6-8-14(13(15)9-11)17-10(2)3/h6,8-10,12H,4-5,7,16H2,1-3H3. The van der Waals surface area contributed by atoms with Gasteiger partial charge in [-0.2, -0.15) is 0 Å². The zero-order valence-corrected chi connectivity index (χ0v) is 11.6. The van der Waals surface area contributed by atoms with Crippen molar-refractivity contribution in [2.45, 2.75) is 52.2 Å². The number of hydrogen-bond acceptors (Lipinski definition) is 2. The Kier molecular flexibility index (Phi) is 5.79.